The lowest BCUT2D eigenvalue weighted by Crippen LogP contribution is -2.67. The zero-order valence-corrected chi connectivity index (χ0v) is 23.0. The molecule has 0 aromatic carbocycles. The standard InChI is InChI=1S/C22H36Cl3NO4Si/c1-10-21(26-18(27)22(23,24)25)15(16-13-28-20(6,7)29-16)11-14(2)12-17(21)30-31(8,9)19(3,4)5/h10,12,15-17H,1,11,13H2,2-9H3,(H,26,27)/t15-,16-,17+,21-/m1/s1. The molecule has 31 heavy (non-hydrogen) atoms. The molecular weight excluding hydrogens is 477 g/mol. The van der Waals surface area contributed by atoms with E-state index in [1.807, 2.05) is 13.8 Å². The predicted octanol–water partition coefficient (Wildman–Crippen LogP) is 5.91. The molecule has 0 aromatic heterocycles. The predicted molar refractivity (Wildman–Crippen MR) is 130 cm³/mol. The second-order valence-electron chi connectivity index (χ2n) is 10.6. The minimum absolute atomic E-state index is 0.0389. The third-order valence-electron chi connectivity index (χ3n) is 6.69. The van der Waals surface area contributed by atoms with E-state index in [1.54, 1.807) is 6.08 Å². The molecule has 1 aliphatic carbocycles. The first-order chi connectivity index (χ1) is 13.8. The highest BCUT2D eigenvalue weighted by atomic mass is 35.6. The Bertz CT molecular complexity index is 742. The second kappa shape index (κ2) is 8.93. The summed E-state index contributed by atoms with van der Waals surface area (Å²) in [5, 5.41) is 2.95. The quantitative estimate of drug-likeness (QED) is 0.283. The Morgan fingerprint density at radius 1 is 1.32 bits per heavy atom. The average Bonchev–Trinajstić information content (AvgIpc) is 2.94. The van der Waals surface area contributed by atoms with Gasteiger partial charge in [0, 0.05) is 5.92 Å². The lowest BCUT2D eigenvalue weighted by molar-refractivity contribution is -0.151. The molecule has 4 atom stereocenters. The molecule has 0 unspecified atom stereocenters. The lowest BCUT2D eigenvalue weighted by Gasteiger charge is -2.52. The van der Waals surface area contributed by atoms with Crippen LogP contribution in [0.4, 0.5) is 0 Å². The molecule has 1 saturated heterocycles. The zero-order chi connectivity index (χ0) is 24.0. The summed E-state index contributed by atoms with van der Waals surface area (Å²) in [5.41, 5.74) is 0.104. The van der Waals surface area contributed by atoms with Gasteiger partial charge in [0.15, 0.2) is 14.1 Å². The van der Waals surface area contributed by atoms with Gasteiger partial charge >= 0.3 is 0 Å². The summed E-state index contributed by atoms with van der Waals surface area (Å²) in [6.45, 7) is 21.1. The van der Waals surface area contributed by atoms with E-state index in [-0.39, 0.29) is 17.1 Å². The topological polar surface area (TPSA) is 56.8 Å². The van der Waals surface area contributed by atoms with E-state index in [0.717, 1.165) is 5.57 Å². The fourth-order valence-corrected chi connectivity index (χ4v) is 5.31. The van der Waals surface area contributed by atoms with Gasteiger partial charge < -0.3 is 19.2 Å². The number of carbonyl (C=O) groups excluding carboxylic acids is 1. The smallest absolute Gasteiger partial charge is 0.272 e. The summed E-state index contributed by atoms with van der Waals surface area (Å²) in [6, 6.07) is 0. The summed E-state index contributed by atoms with van der Waals surface area (Å²) >= 11 is 17.8. The highest BCUT2D eigenvalue weighted by molar-refractivity contribution is 6.76. The largest absolute Gasteiger partial charge is 0.408 e. The Morgan fingerprint density at radius 3 is 2.32 bits per heavy atom. The van der Waals surface area contributed by atoms with Gasteiger partial charge in [-0.05, 0) is 45.3 Å². The molecule has 1 N–H and O–H groups in total. The maximum atomic E-state index is 12.9. The first-order valence-corrected chi connectivity index (χ1v) is 14.6. The monoisotopic (exact) mass is 511 g/mol. The normalized spacial score (nSPS) is 31.8. The van der Waals surface area contributed by atoms with E-state index in [4.69, 9.17) is 48.7 Å². The van der Waals surface area contributed by atoms with E-state index in [0.29, 0.717) is 13.0 Å². The summed E-state index contributed by atoms with van der Waals surface area (Å²) in [7, 11) is -2.24. The van der Waals surface area contributed by atoms with Gasteiger partial charge in [-0.2, -0.15) is 0 Å². The van der Waals surface area contributed by atoms with E-state index >= 15 is 0 Å². The SMILES string of the molecule is C=C[C@]1(NC(=O)C(Cl)(Cl)Cl)[C@@H](O[Si](C)(C)C(C)(C)C)C=C(C)C[C@@H]1[C@H]1COC(C)(C)O1. The molecule has 2 rings (SSSR count). The molecular formula is C22H36Cl3NO4Si. The number of amides is 1. The fourth-order valence-electron chi connectivity index (χ4n) is 3.92. The number of nitrogens with one attached hydrogen (secondary N) is 1. The van der Waals surface area contributed by atoms with Crippen LogP contribution in [0.5, 0.6) is 0 Å². The Hall–Kier alpha value is -0.0831. The van der Waals surface area contributed by atoms with Crippen molar-refractivity contribution in [1.29, 1.82) is 0 Å². The van der Waals surface area contributed by atoms with Crippen molar-refractivity contribution < 1.29 is 18.7 Å². The van der Waals surface area contributed by atoms with Crippen LogP contribution in [0, 0.1) is 5.92 Å². The van der Waals surface area contributed by atoms with Crippen LogP contribution in [-0.2, 0) is 18.7 Å². The van der Waals surface area contributed by atoms with Crippen molar-refractivity contribution in [2.45, 2.75) is 93.4 Å². The molecule has 0 bridgehead atoms. The molecule has 1 amide bonds. The van der Waals surface area contributed by atoms with Crippen molar-refractivity contribution in [2.75, 3.05) is 6.61 Å². The number of hydrogen-bond acceptors (Lipinski definition) is 4. The molecule has 2 aliphatic rings. The maximum Gasteiger partial charge on any atom is 0.272 e. The van der Waals surface area contributed by atoms with Gasteiger partial charge in [0.2, 0.25) is 0 Å². The van der Waals surface area contributed by atoms with Gasteiger partial charge in [0.25, 0.3) is 9.70 Å². The van der Waals surface area contributed by atoms with Crippen LogP contribution in [0.15, 0.2) is 24.3 Å². The van der Waals surface area contributed by atoms with Gasteiger partial charge in [-0.3, -0.25) is 4.79 Å². The molecule has 9 heteroatoms. The molecule has 0 aromatic rings. The van der Waals surface area contributed by atoms with E-state index < -0.39 is 35.4 Å². The van der Waals surface area contributed by atoms with Crippen LogP contribution in [0.1, 0.15) is 48.0 Å². The lowest BCUT2D eigenvalue weighted by atomic mass is 9.69. The molecule has 0 spiro atoms. The number of rotatable bonds is 5. The molecule has 0 saturated carbocycles. The van der Waals surface area contributed by atoms with Gasteiger partial charge in [-0.15, -0.1) is 6.58 Å². The highest BCUT2D eigenvalue weighted by Gasteiger charge is 2.56. The van der Waals surface area contributed by atoms with E-state index in [2.05, 4.69) is 58.8 Å². The summed E-state index contributed by atoms with van der Waals surface area (Å²) in [4.78, 5) is 12.9. The van der Waals surface area contributed by atoms with Crippen LogP contribution in [0.2, 0.25) is 18.1 Å². The number of alkyl halides is 3. The van der Waals surface area contributed by atoms with Crippen LogP contribution in [0.3, 0.4) is 0 Å². The van der Waals surface area contributed by atoms with Crippen LogP contribution in [0.25, 0.3) is 0 Å². The van der Waals surface area contributed by atoms with Gasteiger partial charge in [-0.1, -0.05) is 73.3 Å². The molecule has 178 valence electrons. The van der Waals surface area contributed by atoms with Gasteiger partial charge in [0.05, 0.1) is 24.4 Å². The Labute approximate surface area is 202 Å². The van der Waals surface area contributed by atoms with Crippen LogP contribution >= 0.6 is 34.8 Å². The van der Waals surface area contributed by atoms with Crippen molar-refractivity contribution in [3.05, 3.63) is 24.3 Å². The average molecular weight is 513 g/mol. The van der Waals surface area contributed by atoms with Crippen molar-refractivity contribution in [3.8, 4) is 0 Å². The number of allylic oxidation sites excluding steroid dienone is 1. The van der Waals surface area contributed by atoms with Crippen molar-refractivity contribution in [2.24, 2.45) is 5.92 Å². The fraction of sp³-hybridized carbons (Fsp3) is 0.773. The van der Waals surface area contributed by atoms with Gasteiger partial charge in [0.1, 0.15) is 0 Å². The van der Waals surface area contributed by atoms with Crippen LogP contribution in [-0.4, -0.2) is 48.2 Å². The molecule has 1 fully saturated rings. The first kappa shape index (κ1) is 27.2. The Kier molecular flexibility index (Phi) is 7.83. The molecule has 1 aliphatic heterocycles. The zero-order valence-electron chi connectivity index (χ0n) is 19.8. The van der Waals surface area contributed by atoms with E-state index in [1.165, 1.54) is 0 Å². The number of ether oxygens (including phenoxy) is 2. The van der Waals surface area contributed by atoms with Crippen molar-refractivity contribution >= 4 is 49.0 Å². The Balaban J connectivity index is 2.58. The molecule has 0 radical (unpaired) electrons. The number of hydrogen-bond donors (Lipinski definition) is 1. The number of halogens is 3. The summed E-state index contributed by atoms with van der Waals surface area (Å²) in [5.74, 6) is -1.66. The maximum absolute atomic E-state index is 12.9. The third-order valence-corrected chi connectivity index (χ3v) is 11.7. The van der Waals surface area contributed by atoms with Crippen molar-refractivity contribution in [1.82, 2.24) is 5.32 Å². The van der Waals surface area contributed by atoms with Crippen molar-refractivity contribution in [3.63, 3.8) is 0 Å². The second-order valence-corrected chi connectivity index (χ2v) is 17.6. The Morgan fingerprint density at radius 2 is 1.90 bits per heavy atom. The highest BCUT2D eigenvalue weighted by Crippen LogP contribution is 2.46. The molecule has 5 nitrogen and oxygen atoms in total. The molecule has 1 heterocycles. The first-order valence-electron chi connectivity index (χ1n) is 10.5. The van der Waals surface area contributed by atoms with E-state index in [9.17, 15) is 4.79 Å². The minimum Gasteiger partial charge on any atom is -0.408 e. The third kappa shape index (κ3) is 5.89. The minimum atomic E-state index is -2.24. The summed E-state index contributed by atoms with van der Waals surface area (Å²) < 4.78 is 16.8. The summed E-state index contributed by atoms with van der Waals surface area (Å²) in [6.07, 6.45) is 3.64. The van der Waals surface area contributed by atoms with Crippen LogP contribution < -0.4 is 5.32 Å². The number of carbonyl (C=O) groups is 1. The van der Waals surface area contributed by atoms with Gasteiger partial charge in [-0.25, -0.2) is 0 Å².